The minimum atomic E-state index is -0.227. The second kappa shape index (κ2) is 8.60. The Hall–Kier alpha value is -2.25. The molecule has 2 aliphatic rings. The Morgan fingerprint density at radius 1 is 1.09 bits per heavy atom. The van der Waals surface area contributed by atoms with E-state index in [1.165, 1.54) is 16.9 Å². The summed E-state index contributed by atoms with van der Waals surface area (Å²) in [7, 11) is 0. The zero-order valence-corrected chi connectivity index (χ0v) is 20.1. The summed E-state index contributed by atoms with van der Waals surface area (Å²) in [5.41, 5.74) is 6.40. The number of nitrogens with one attached hydrogen (secondary N) is 1. The number of benzene rings is 2. The quantitative estimate of drug-likeness (QED) is 0.449. The molecule has 1 aromatic heterocycles. The third kappa shape index (κ3) is 3.86. The molecule has 9 heteroatoms. The molecule has 0 saturated carbocycles. The van der Waals surface area contributed by atoms with Crippen molar-refractivity contribution in [2.45, 2.75) is 19.4 Å². The topological polar surface area (TPSA) is 47.9 Å². The normalized spacial score (nSPS) is 19.8. The van der Waals surface area contributed by atoms with Crippen LogP contribution in [-0.2, 0) is 11.2 Å². The third-order valence-corrected chi connectivity index (χ3v) is 7.62. The van der Waals surface area contributed by atoms with Crippen LogP contribution in [0.15, 0.2) is 59.7 Å². The summed E-state index contributed by atoms with van der Waals surface area (Å²) in [5, 5.41) is 9.44. The molecule has 5 rings (SSSR count). The van der Waals surface area contributed by atoms with E-state index < -0.39 is 0 Å². The largest absolute Gasteiger partial charge is 0.286 e. The summed E-state index contributed by atoms with van der Waals surface area (Å²) in [6, 6.07) is 17.0. The minimum Gasteiger partial charge on any atom is -0.285 e. The number of amides is 1. The van der Waals surface area contributed by atoms with Gasteiger partial charge in [0.25, 0.3) is 5.91 Å². The Balaban J connectivity index is 1.48. The van der Waals surface area contributed by atoms with Gasteiger partial charge in [-0.05, 0) is 48.4 Å². The Kier molecular flexibility index (Phi) is 5.80. The Morgan fingerprint density at radius 2 is 1.91 bits per heavy atom. The van der Waals surface area contributed by atoms with Gasteiger partial charge in [0.1, 0.15) is 5.71 Å². The highest BCUT2D eigenvalue weighted by Crippen LogP contribution is 2.44. The number of anilines is 2. The average molecular weight is 506 g/mol. The second-order valence-electron chi connectivity index (χ2n) is 7.77. The highest BCUT2D eigenvalue weighted by Gasteiger charge is 2.41. The molecule has 2 atom stereocenters. The summed E-state index contributed by atoms with van der Waals surface area (Å²) in [6.45, 7) is 2.72. The number of halogens is 3. The lowest BCUT2D eigenvalue weighted by Gasteiger charge is -2.26. The highest BCUT2D eigenvalue weighted by atomic mass is 35.5. The van der Waals surface area contributed by atoms with Crippen LogP contribution >= 0.6 is 46.1 Å². The molecule has 1 N–H and O–H groups in total. The number of nitrogens with zero attached hydrogens (tertiary/aromatic N) is 3. The van der Waals surface area contributed by atoms with Crippen LogP contribution in [0.1, 0.15) is 23.4 Å². The summed E-state index contributed by atoms with van der Waals surface area (Å²) in [5.74, 6) is -0.413. The predicted octanol–water partition coefficient (Wildman–Crippen LogP) is 6.36. The van der Waals surface area contributed by atoms with Crippen LogP contribution in [0.3, 0.4) is 0 Å². The van der Waals surface area contributed by atoms with E-state index in [4.69, 9.17) is 39.9 Å². The third-order valence-electron chi connectivity index (χ3n) is 5.78. The summed E-state index contributed by atoms with van der Waals surface area (Å²) < 4.78 is 0.681. The van der Waals surface area contributed by atoms with Crippen molar-refractivity contribution in [2.24, 2.45) is 11.0 Å². The first kappa shape index (κ1) is 21.6. The molecule has 3 heterocycles. The van der Waals surface area contributed by atoms with Crippen LogP contribution in [-0.4, -0.2) is 18.2 Å². The molecule has 2 unspecified atom stereocenters. The molecule has 0 fully saturated rings. The van der Waals surface area contributed by atoms with Crippen molar-refractivity contribution < 1.29 is 4.79 Å². The van der Waals surface area contributed by atoms with Crippen molar-refractivity contribution in [3.05, 3.63) is 79.4 Å². The molecular weight excluding hydrogens is 487 g/mol. The van der Waals surface area contributed by atoms with Gasteiger partial charge in [0.05, 0.1) is 26.8 Å². The van der Waals surface area contributed by atoms with Crippen molar-refractivity contribution in [3.63, 3.8) is 0 Å². The molecule has 1 amide bonds. The van der Waals surface area contributed by atoms with Gasteiger partial charge in [-0.2, -0.15) is 5.10 Å². The lowest BCUT2D eigenvalue weighted by Crippen LogP contribution is -2.45. The molecular formula is C23H19Cl3N4OS. The molecule has 32 heavy (non-hydrogen) atoms. The fraction of sp³-hybridized carbons (Fsp3) is 0.217. The van der Waals surface area contributed by atoms with Crippen molar-refractivity contribution in [2.75, 3.05) is 16.6 Å². The fourth-order valence-electron chi connectivity index (χ4n) is 4.24. The number of rotatable bonds is 4. The Labute approximate surface area is 205 Å². The summed E-state index contributed by atoms with van der Waals surface area (Å²) >= 11 is 20.3. The molecule has 164 valence electrons. The van der Waals surface area contributed by atoms with Gasteiger partial charge >= 0.3 is 0 Å². The average Bonchev–Trinajstić information content (AvgIpc) is 3.45. The van der Waals surface area contributed by atoms with Crippen LogP contribution < -0.4 is 15.4 Å². The molecule has 0 aliphatic carbocycles. The van der Waals surface area contributed by atoms with Gasteiger partial charge in [0.2, 0.25) is 0 Å². The van der Waals surface area contributed by atoms with Crippen molar-refractivity contribution in [1.82, 2.24) is 5.43 Å². The number of carbonyl (C=O) groups excluding carboxylic acids is 1. The van der Waals surface area contributed by atoms with Crippen LogP contribution in [0.2, 0.25) is 14.4 Å². The SMILES string of the molecule is CC1C(C(=O)NN2CCc3ccccc32)=NN(c2ccc(Cl)cc2Cl)C1c1ccc(Cl)s1. The predicted molar refractivity (Wildman–Crippen MR) is 133 cm³/mol. The van der Waals surface area contributed by atoms with Gasteiger partial charge in [-0.1, -0.05) is 59.9 Å². The van der Waals surface area contributed by atoms with E-state index in [-0.39, 0.29) is 17.9 Å². The number of thiophene rings is 1. The number of hydrogen-bond acceptors (Lipinski definition) is 5. The van der Waals surface area contributed by atoms with E-state index in [1.54, 1.807) is 17.1 Å². The smallest absolute Gasteiger partial charge is 0.285 e. The van der Waals surface area contributed by atoms with Crippen molar-refractivity contribution >= 4 is 69.1 Å². The number of para-hydroxylation sites is 1. The van der Waals surface area contributed by atoms with Gasteiger partial charge in [-0.15, -0.1) is 11.3 Å². The molecule has 0 spiro atoms. The number of hydrazine groups is 1. The van der Waals surface area contributed by atoms with E-state index in [9.17, 15) is 4.79 Å². The Bertz CT molecular complexity index is 1230. The van der Waals surface area contributed by atoms with Crippen LogP contribution in [0, 0.1) is 5.92 Å². The second-order valence-corrected chi connectivity index (χ2v) is 10.4. The lowest BCUT2D eigenvalue weighted by molar-refractivity contribution is -0.115. The summed E-state index contributed by atoms with van der Waals surface area (Å²) in [4.78, 5) is 14.3. The fourth-order valence-corrected chi connectivity index (χ4v) is 5.99. The zero-order chi connectivity index (χ0) is 22.4. The van der Waals surface area contributed by atoms with Crippen LogP contribution in [0.4, 0.5) is 11.4 Å². The van der Waals surface area contributed by atoms with E-state index in [2.05, 4.69) is 11.5 Å². The van der Waals surface area contributed by atoms with Crippen LogP contribution in [0.25, 0.3) is 0 Å². The first-order valence-electron chi connectivity index (χ1n) is 10.2. The first-order chi connectivity index (χ1) is 15.4. The highest BCUT2D eigenvalue weighted by molar-refractivity contribution is 7.16. The first-order valence-corrected chi connectivity index (χ1v) is 12.1. The van der Waals surface area contributed by atoms with Gasteiger partial charge in [0, 0.05) is 22.4 Å². The number of hydrogen-bond donors (Lipinski definition) is 1. The molecule has 2 aromatic carbocycles. The standard InChI is InChI=1S/C23H19Cl3N4OS/c1-13-21(23(31)28-29-11-10-14-4-2-3-5-17(14)29)27-30(18-7-6-15(24)12-16(18)25)22(13)19-8-9-20(26)32-19/h2-9,12-13,22H,10-11H2,1H3,(H,28,31). The summed E-state index contributed by atoms with van der Waals surface area (Å²) in [6.07, 6.45) is 0.890. The van der Waals surface area contributed by atoms with Crippen molar-refractivity contribution in [3.8, 4) is 0 Å². The van der Waals surface area contributed by atoms with Gasteiger partial charge in [0.15, 0.2) is 0 Å². The number of fused-ring (bicyclic) bond motifs is 1. The van der Waals surface area contributed by atoms with Gasteiger partial charge in [-0.25, -0.2) is 0 Å². The van der Waals surface area contributed by atoms with Gasteiger partial charge < -0.3 is 0 Å². The van der Waals surface area contributed by atoms with Gasteiger partial charge in [-0.3, -0.25) is 20.2 Å². The maximum Gasteiger partial charge on any atom is 0.286 e. The molecule has 0 radical (unpaired) electrons. The van der Waals surface area contributed by atoms with E-state index in [0.29, 0.717) is 25.8 Å². The maximum atomic E-state index is 13.3. The molecule has 2 aliphatic heterocycles. The molecule has 0 bridgehead atoms. The molecule has 0 saturated heterocycles. The van der Waals surface area contributed by atoms with Crippen molar-refractivity contribution in [1.29, 1.82) is 0 Å². The van der Waals surface area contributed by atoms with Crippen LogP contribution in [0.5, 0.6) is 0 Å². The molecule has 3 aromatic rings. The van der Waals surface area contributed by atoms with E-state index in [0.717, 1.165) is 23.5 Å². The zero-order valence-electron chi connectivity index (χ0n) is 17.1. The Morgan fingerprint density at radius 3 is 2.66 bits per heavy atom. The maximum absolute atomic E-state index is 13.3. The molecule has 5 nitrogen and oxygen atoms in total. The van der Waals surface area contributed by atoms with E-state index in [1.807, 2.05) is 48.3 Å². The minimum absolute atomic E-state index is 0.186. The lowest BCUT2D eigenvalue weighted by atomic mass is 9.95. The number of hydrazone groups is 1. The number of carbonyl (C=O) groups is 1. The monoisotopic (exact) mass is 504 g/mol. The van der Waals surface area contributed by atoms with E-state index >= 15 is 0 Å².